The van der Waals surface area contributed by atoms with Crippen LogP contribution in [0.5, 0.6) is 0 Å². The fraction of sp³-hybridized carbons (Fsp3) is 0.267. The summed E-state index contributed by atoms with van der Waals surface area (Å²) in [6.45, 7) is 0.605. The van der Waals surface area contributed by atoms with Gasteiger partial charge in [0.1, 0.15) is 11.6 Å². The molecule has 0 saturated heterocycles. The van der Waals surface area contributed by atoms with Crippen LogP contribution in [0.1, 0.15) is 11.8 Å². The summed E-state index contributed by atoms with van der Waals surface area (Å²) in [6, 6.07) is 9.92. The van der Waals surface area contributed by atoms with Gasteiger partial charge in [-0.2, -0.15) is 0 Å². The molecular weight excluding hydrogens is 289 g/mol. The quantitative estimate of drug-likeness (QED) is 0.831. The largest absolute Gasteiger partial charge is 0.468 e. The van der Waals surface area contributed by atoms with Crippen molar-refractivity contribution >= 4 is 23.0 Å². The number of thiocarbonyl (C=S) groups is 1. The minimum Gasteiger partial charge on any atom is -0.468 e. The summed E-state index contributed by atoms with van der Waals surface area (Å²) >= 11 is 5.24. The third-order valence-electron chi connectivity index (χ3n) is 3.05. The van der Waals surface area contributed by atoms with Crippen molar-refractivity contribution in [2.75, 3.05) is 26.0 Å². The topological polar surface area (TPSA) is 40.4 Å². The fourth-order valence-corrected chi connectivity index (χ4v) is 2.12. The van der Waals surface area contributed by atoms with E-state index in [1.807, 2.05) is 31.1 Å². The summed E-state index contributed by atoms with van der Waals surface area (Å²) in [7, 11) is 3.95. The van der Waals surface area contributed by atoms with Gasteiger partial charge in [0.2, 0.25) is 0 Å². The van der Waals surface area contributed by atoms with E-state index in [-0.39, 0.29) is 11.9 Å². The van der Waals surface area contributed by atoms with E-state index < -0.39 is 0 Å². The molecule has 21 heavy (non-hydrogen) atoms. The highest BCUT2D eigenvalue weighted by molar-refractivity contribution is 7.80. The number of furan rings is 1. The fourth-order valence-electron chi connectivity index (χ4n) is 1.92. The van der Waals surface area contributed by atoms with Gasteiger partial charge in [-0.3, -0.25) is 4.90 Å². The van der Waals surface area contributed by atoms with Gasteiger partial charge in [0, 0.05) is 12.2 Å². The summed E-state index contributed by atoms with van der Waals surface area (Å²) < 4.78 is 18.3. The highest BCUT2D eigenvalue weighted by Crippen LogP contribution is 2.17. The molecule has 2 N–H and O–H groups in total. The first-order valence-electron chi connectivity index (χ1n) is 6.56. The van der Waals surface area contributed by atoms with E-state index in [0.717, 1.165) is 11.4 Å². The van der Waals surface area contributed by atoms with Crippen LogP contribution in [0.4, 0.5) is 10.1 Å². The van der Waals surface area contributed by atoms with Crippen LogP contribution in [0.15, 0.2) is 47.1 Å². The lowest BCUT2D eigenvalue weighted by Gasteiger charge is -2.23. The standard InChI is InChI=1S/C15H18FN3OS/c1-19(2)13(14-4-3-9-20-14)10-17-15(21)18-12-7-5-11(16)6-8-12/h3-9,13H,10H2,1-2H3,(H2,17,18,21)/t13-/m1/s1. The van der Waals surface area contributed by atoms with E-state index in [1.54, 1.807) is 18.4 Å². The predicted octanol–water partition coefficient (Wildman–Crippen LogP) is 3.01. The van der Waals surface area contributed by atoms with Crippen molar-refractivity contribution in [3.8, 4) is 0 Å². The maximum atomic E-state index is 12.8. The monoisotopic (exact) mass is 307 g/mol. The molecule has 1 heterocycles. The molecule has 0 bridgehead atoms. The number of halogens is 1. The van der Waals surface area contributed by atoms with Gasteiger partial charge in [-0.15, -0.1) is 0 Å². The SMILES string of the molecule is CN(C)[C@H](CNC(=S)Nc1ccc(F)cc1)c1ccco1. The number of nitrogens with one attached hydrogen (secondary N) is 2. The third-order valence-corrected chi connectivity index (χ3v) is 3.30. The van der Waals surface area contributed by atoms with Gasteiger partial charge in [0.15, 0.2) is 5.11 Å². The third kappa shape index (κ3) is 4.54. The molecule has 0 spiro atoms. The van der Waals surface area contributed by atoms with Crippen molar-refractivity contribution in [2.45, 2.75) is 6.04 Å². The second-order valence-electron chi connectivity index (χ2n) is 4.84. The molecule has 6 heteroatoms. The van der Waals surface area contributed by atoms with Gasteiger partial charge in [-0.1, -0.05) is 0 Å². The highest BCUT2D eigenvalue weighted by atomic mass is 32.1. The van der Waals surface area contributed by atoms with Crippen molar-refractivity contribution in [1.82, 2.24) is 10.2 Å². The van der Waals surface area contributed by atoms with E-state index in [1.165, 1.54) is 12.1 Å². The Morgan fingerprint density at radius 1 is 1.29 bits per heavy atom. The van der Waals surface area contributed by atoms with Crippen LogP contribution < -0.4 is 10.6 Å². The predicted molar refractivity (Wildman–Crippen MR) is 85.8 cm³/mol. The Kier molecular flexibility index (Phi) is 5.30. The van der Waals surface area contributed by atoms with Gasteiger partial charge in [0.25, 0.3) is 0 Å². The molecule has 0 radical (unpaired) electrons. The Morgan fingerprint density at radius 2 is 2.00 bits per heavy atom. The smallest absolute Gasteiger partial charge is 0.170 e. The minimum atomic E-state index is -0.273. The zero-order valence-electron chi connectivity index (χ0n) is 12.0. The Hall–Kier alpha value is -1.92. The number of benzene rings is 1. The molecule has 0 saturated carbocycles. The molecule has 2 aromatic rings. The summed E-state index contributed by atoms with van der Waals surface area (Å²) in [5.41, 5.74) is 0.744. The second-order valence-corrected chi connectivity index (χ2v) is 5.24. The normalized spacial score (nSPS) is 12.2. The van der Waals surface area contributed by atoms with Crippen LogP contribution in [0.25, 0.3) is 0 Å². The molecule has 4 nitrogen and oxygen atoms in total. The van der Waals surface area contributed by atoms with E-state index >= 15 is 0 Å². The van der Waals surface area contributed by atoms with Gasteiger partial charge in [0.05, 0.1) is 12.3 Å². The lowest BCUT2D eigenvalue weighted by molar-refractivity contribution is 0.259. The average molecular weight is 307 g/mol. The van der Waals surface area contributed by atoms with Crippen LogP contribution in [-0.2, 0) is 0 Å². The molecular formula is C15H18FN3OS. The van der Waals surface area contributed by atoms with Crippen LogP contribution in [0.2, 0.25) is 0 Å². The van der Waals surface area contributed by atoms with E-state index in [4.69, 9.17) is 16.6 Å². The van der Waals surface area contributed by atoms with Crippen LogP contribution in [0.3, 0.4) is 0 Å². The minimum absolute atomic E-state index is 0.0768. The van der Waals surface area contributed by atoms with E-state index in [0.29, 0.717) is 11.7 Å². The van der Waals surface area contributed by atoms with E-state index in [9.17, 15) is 4.39 Å². The summed E-state index contributed by atoms with van der Waals surface area (Å²) in [5, 5.41) is 6.64. The van der Waals surface area contributed by atoms with Gasteiger partial charge in [-0.25, -0.2) is 4.39 Å². The molecule has 0 amide bonds. The molecule has 1 aromatic carbocycles. The van der Waals surface area contributed by atoms with Crippen molar-refractivity contribution in [1.29, 1.82) is 0 Å². The van der Waals surface area contributed by atoms with Gasteiger partial charge in [-0.05, 0) is 62.7 Å². The molecule has 1 atom stereocenters. The van der Waals surface area contributed by atoms with Crippen LogP contribution >= 0.6 is 12.2 Å². The van der Waals surface area contributed by atoms with Gasteiger partial charge < -0.3 is 15.1 Å². The maximum Gasteiger partial charge on any atom is 0.170 e. The molecule has 0 fully saturated rings. The Morgan fingerprint density at radius 3 is 2.57 bits per heavy atom. The number of likely N-dealkylation sites (N-methyl/N-ethyl adjacent to an activating group) is 1. The van der Waals surface area contributed by atoms with Crippen molar-refractivity contribution < 1.29 is 8.81 Å². The molecule has 2 rings (SSSR count). The highest BCUT2D eigenvalue weighted by Gasteiger charge is 2.16. The van der Waals surface area contributed by atoms with Gasteiger partial charge >= 0.3 is 0 Å². The molecule has 1 aromatic heterocycles. The first-order chi connectivity index (χ1) is 10.1. The lowest BCUT2D eigenvalue weighted by Crippen LogP contribution is -2.36. The van der Waals surface area contributed by atoms with Crippen molar-refractivity contribution in [2.24, 2.45) is 0 Å². The molecule has 0 aliphatic heterocycles. The summed E-state index contributed by atoms with van der Waals surface area (Å²) in [6.07, 6.45) is 1.65. The summed E-state index contributed by atoms with van der Waals surface area (Å²) in [4.78, 5) is 2.05. The number of nitrogens with zero attached hydrogens (tertiary/aromatic N) is 1. The summed E-state index contributed by atoms with van der Waals surface area (Å²) in [5.74, 6) is 0.599. The van der Waals surface area contributed by atoms with Crippen LogP contribution in [-0.4, -0.2) is 30.7 Å². The molecule has 112 valence electrons. The Labute approximate surface area is 128 Å². The lowest BCUT2D eigenvalue weighted by atomic mass is 10.2. The number of hydrogen-bond donors (Lipinski definition) is 2. The number of anilines is 1. The Bertz CT molecular complexity index is 569. The Balaban J connectivity index is 1.89. The number of hydrogen-bond acceptors (Lipinski definition) is 3. The number of rotatable bonds is 5. The van der Waals surface area contributed by atoms with Crippen molar-refractivity contribution in [3.63, 3.8) is 0 Å². The van der Waals surface area contributed by atoms with Crippen molar-refractivity contribution in [3.05, 3.63) is 54.2 Å². The first-order valence-corrected chi connectivity index (χ1v) is 6.97. The average Bonchev–Trinajstić information content (AvgIpc) is 2.95. The maximum absolute atomic E-state index is 12.8. The molecule has 0 aliphatic rings. The first kappa shape index (κ1) is 15.5. The second kappa shape index (κ2) is 7.19. The van der Waals surface area contributed by atoms with E-state index in [2.05, 4.69) is 10.6 Å². The zero-order valence-corrected chi connectivity index (χ0v) is 12.8. The molecule has 0 aliphatic carbocycles. The molecule has 0 unspecified atom stereocenters. The zero-order chi connectivity index (χ0) is 15.2. The van der Waals surface area contributed by atoms with Crippen LogP contribution in [0, 0.1) is 5.82 Å².